The summed E-state index contributed by atoms with van der Waals surface area (Å²) in [5.41, 5.74) is 0.0643. The van der Waals surface area contributed by atoms with Gasteiger partial charge in [-0.3, -0.25) is 4.79 Å². The van der Waals surface area contributed by atoms with Crippen molar-refractivity contribution in [2.75, 3.05) is 31.6 Å². The number of sulfonamides is 1. The Balaban J connectivity index is 1.81. The minimum atomic E-state index is -3.81. The highest BCUT2D eigenvalue weighted by Gasteiger charge is 2.27. The van der Waals surface area contributed by atoms with Crippen molar-refractivity contribution in [2.45, 2.75) is 4.90 Å². The van der Waals surface area contributed by atoms with Crippen LogP contribution in [0.4, 0.5) is 10.1 Å². The van der Waals surface area contributed by atoms with Crippen LogP contribution in [0, 0.1) is 5.82 Å². The number of morpholine rings is 1. The minimum Gasteiger partial charge on any atom is -0.379 e. The minimum absolute atomic E-state index is 0.129. The zero-order valence-corrected chi connectivity index (χ0v) is 15.2. The van der Waals surface area contributed by atoms with E-state index in [0.29, 0.717) is 13.2 Å². The standard InChI is InChI=1S/C17H16ClFN2O4S/c18-14-4-2-1-3-13(14)17(22)20-16-6-5-12(11-15(16)19)26(23,24)21-7-9-25-10-8-21/h1-6,11H,7-10H2,(H,20,22). The number of rotatable bonds is 4. The number of hydrogen-bond donors (Lipinski definition) is 1. The number of amides is 1. The van der Waals surface area contributed by atoms with Crippen molar-refractivity contribution in [3.05, 3.63) is 58.9 Å². The first-order valence-electron chi connectivity index (χ1n) is 7.83. The molecule has 0 saturated carbocycles. The largest absolute Gasteiger partial charge is 0.379 e. The van der Waals surface area contributed by atoms with E-state index in [-0.39, 0.29) is 34.3 Å². The quantitative estimate of drug-likeness (QED) is 0.859. The van der Waals surface area contributed by atoms with E-state index in [0.717, 1.165) is 6.07 Å². The van der Waals surface area contributed by atoms with E-state index in [4.69, 9.17) is 16.3 Å². The molecule has 0 unspecified atom stereocenters. The van der Waals surface area contributed by atoms with Gasteiger partial charge in [0.1, 0.15) is 5.82 Å². The van der Waals surface area contributed by atoms with Gasteiger partial charge in [-0.1, -0.05) is 23.7 Å². The Morgan fingerprint density at radius 2 is 1.85 bits per heavy atom. The maximum absolute atomic E-state index is 14.4. The molecule has 3 rings (SSSR count). The maximum atomic E-state index is 14.4. The molecule has 0 radical (unpaired) electrons. The van der Waals surface area contributed by atoms with Gasteiger partial charge in [-0.15, -0.1) is 0 Å². The lowest BCUT2D eigenvalue weighted by atomic mass is 10.2. The molecule has 2 aromatic carbocycles. The first-order chi connectivity index (χ1) is 12.4. The molecule has 1 N–H and O–H groups in total. The highest BCUT2D eigenvalue weighted by Crippen LogP contribution is 2.24. The molecule has 26 heavy (non-hydrogen) atoms. The van der Waals surface area contributed by atoms with Crippen LogP contribution in [0.25, 0.3) is 0 Å². The van der Waals surface area contributed by atoms with Crippen LogP contribution in [0.5, 0.6) is 0 Å². The Labute approximate surface area is 155 Å². The lowest BCUT2D eigenvalue weighted by Crippen LogP contribution is -2.40. The highest BCUT2D eigenvalue weighted by atomic mass is 35.5. The fourth-order valence-electron chi connectivity index (χ4n) is 2.53. The molecule has 1 aliphatic rings. The van der Waals surface area contributed by atoms with Crippen LogP contribution in [0.2, 0.25) is 5.02 Å². The Hall–Kier alpha value is -2.00. The lowest BCUT2D eigenvalue weighted by Gasteiger charge is -2.26. The molecule has 9 heteroatoms. The van der Waals surface area contributed by atoms with Gasteiger partial charge >= 0.3 is 0 Å². The van der Waals surface area contributed by atoms with Crippen LogP contribution in [0.1, 0.15) is 10.4 Å². The predicted octanol–water partition coefficient (Wildman–Crippen LogP) is 2.75. The van der Waals surface area contributed by atoms with Crippen LogP contribution in [0.3, 0.4) is 0 Å². The van der Waals surface area contributed by atoms with Gasteiger partial charge in [0.25, 0.3) is 5.91 Å². The zero-order chi connectivity index (χ0) is 18.7. The maximum Gasteiger partial charge on any atom is 0.257 e. The van der Waals surface area contributed by atoms with Gasteiger partial charge < -0.3 is 10.1 Å². The molecule has 0 spiro atoms. The van der Waals surface area contributed by atoms with Crippen molar-refractivity contribution in [1.29, 1.82) is 0 Å². The fraction of sp³-hybridized carbons (Fsp3) is 0.235. The van der Waals surface area contributed by atoms with Crippen LogP contribution >= 0.6 is 11.6 Å². The van der Waals surface area contributed by atoms with Crippen molar-refractivity contribution in [3.63, 3.8) is 0 Å². The van der Waals surface area contributed by atoms with Crippen LogP contribution in [-0.2, 0) is 14.8 Å². The number of benzene rings is 2. The number of anilines is 1. The molecule has 1 aliphatic heterocycles. The Morgan fingerprint density at radius 1 is 1.15 bits per heavy atom. The van der Waals surface area contributed by atoms with Crippen molar-refractivity contribution < 1.29 is 22.3 Å². The molecular weight excluding hydrogens is 383 g/mol. The number of hydrogen-bond acceptors (Lipinski definition) is 4. The molecule has 1 saturated heterocycles. The van der Waals surface area contributed by atoms with Crippen molar-refractivity contribution in [1.82, 2.24) is 4.31 Å². The van der Waals surface area contributed by atoms with E-state index in [9.17, 15) is 17.6 Å². The van der Waals surface area contributed by atoms with E-state index in [1.165, 1.54) is 22.5 Å². The molecule has 0 aliphatic carbocycles. The Kier molecular flexibility index (Phi) is 5.57. The summed E-state index contributed by atoms with van der Waals surface area (Å²) in [5.74, 6) is -1.43. The van der Waals surface area contributed by atoms with Gasteiger partial charge in [0.05, 0.1) is 34.4 Å². The third-order valence-electron chi connectivity index (χ3n) is 3.92. The van der Waals surface area contributed by atoms with Crippen LogP contribution < -0.4 is 5.32 Å². The number of halogens is 2. The van der Waals surface area contributed by atoms with Crippen LogP contribution in [-0.4, -0.2) is 44.9 Å². The van der Waals surface area contributed by atoms with Crippen LogP contribution in [0.15, 0.2) is 47.4 Å². The SMILES string of the molecule is O=C(Nc1ccc(S(=O)(=O)N2CCOCC2)cc1F)c1ccccc1Cl. The molecule has 1 heterocycles. The number of ether oxygens (including phenoxy) is 1. The third kappa shape index (κ3) is 3.88. The van der Waals surface area contributed by atoms with E-state index in [2.05, 4.69) is 5.32 Å². The van der Waals surface area contributed by atoms with Gasteiger partial charge in [-0.25, -0.2) is 12.8 Å². The third-order valence-corrected chi connectivity index (χ3v) is 6.14. The van der Waals surface area contributed by atoms with E-state index < -0.39 is 21.7 Å². The topological polar surface area (TPSA) is 75.7 Å². The second-order valence-corrected chi connectivity index (χ2v) is 7.94. The Bertz CT molecular complexity index is 930. The van der Waals surface area contributed by atoms with E-state index in [1.807, 2.05) is 0 Å². The number of nitrogens with zero attached hydrogens (tertiary/aromatic N) is 1. The molecule has 0 bridgehead atoms. The fourth-order valence-corrected chi connectivity index (χ4v) is 4.17. The summed E-state index contributed by atoms with van der Waals surface area (Å²) in [6.45, 7) is 1.03. The Morgan fingerprint density at radius 3 is 2.50 bits per heavy atom. The summed E-state index contributed by atoms with van der Waals surface area (Å²) in [7, 11) is -3.81. The number of carbonyl (C=O) groups is 1. The first kappa shape index (κ1) is 18.8. The van der Waals surface area contributed by atoms with Gasteiger partial charge in [-0.2, -0.15) is 4.31 Å². The molecule has 138 valence electrons. The van der Waals surface area contributed by atoms with E-state index >= 15 is 0 Å². The highest BCUT2D eigenvalue weighted by molar-refractivity contribution is 7.89. The molecule has 0 atom stereocenters. The second kappa shape index (κ2) is 7.71. The molecular formula is C17H16ClFN2O4S. The summed E-state index contributed by atoms with van der Waals surface area (Å²) in [4.78, 5) is 12.0. The summed E-state index contributed by atoms with van der Waals surface area (Å²) < 4.78 is 45.8. The summed E-state index contributed by atoms with van der Waals surface area (Å²) >= 11 is 5.95. The number of nitrogens with one attached hydrogen (secondary N) is 1. The lowest BCUT2D eigenvalue weighted by molar-refractivity contribution is 0.0730. The average molecular weight is 399 g/mol. The van der Waals surface area contributed by atoms with Gasteiger partial charge in [-0.05, 0) is 30.3 Å². The molecule has 6 nitrogen and oxygen atoms in total. The molecule has 0 aromatic heterocycles. The van der Waals surface area contributed by atoms with Crippen molar-refractivity contribution in [2.24, 2.45) is 0 Å². The zero-order valence-electron chi connectivity index (χ0n) is 13.6. The van der Waals surface area contributed by atoms with Gasteiger partial charge in [0.2, 0.25) is 10.0 Å². The van der Waals surface area contributed by atoms with Crippen molar-refractivity contribution >= 4 is 33.2 Å². The normalized spacial score (nSPS) is 15.6. The molecule has 2 aromatic rings. The monoisotopic (exact) mass is 398 g/mol. The first-order valence-corrected chi connectivity index (χ1v) is 9.65. The van der Waals surface area contributed by atoms with Crippen molar-refractivity contribution in [3.8, 4) is 0 Å². The van der Waals surface area contributed by atoms with Gasteiger partial charge in [0.15, 0.2) is 0 Å². The predicted molar refractivity (Wildman–Crippen MR) is 95.4 cm³/mol. The molecule has 1 fully saturated rings. The van der Waals surface area contributed by atoms with E-state index in [1.54, 1.807) is 18.2 Å². The summed E-state index contributed by atoms with van der Waals surface area (Å²) in [5, 5.41) is 2.63. The smallest absolute Gasteiger partial charge is 0.257 e. The number of carbonyl (C=O) groups excluding carboxylic acids is 1. The second-order valence-electron chi connectivity index (χ2n) is 5.59. The average Bonchev–Trinajstić information content (AvgIpc) is 2.64. The summed E-state index contributed by atoms with van der Waals surface area (Å²) in [6, 6.07) is 9.73. The molecule has 1 amide bonds. The summed E-state index contributed by atoms with van der Waals surface area (Å²) in [6.07, 6.45) is 0. The van der Waals surface area contributed by atoms with Gasteiger partial charge in [0, 0.05) is 13.1 Å².